The summed E-state index contributed by atoms with van der Waals surface area (Å²) in [7, 11) is 0. The van der Waals surface area contributed by atoms with Crippen LogP contribution >= 0.6 is 0 Å². The Morgan fingerprint density at radius 1 is 1.29 bits per heavy atom. The van der Waals surface area contributed by atoms with Crippen LogP contribution in [0.25, 0.3) is 0 Å². The summed E-state index contributed by atoms with van der Waals surface area (Å²) >= 11 is 0. The lowest BCUT2D eigenvalue weighted by Crippen LogP contribution is -2.51. The Hall–Kier alpha value is -1.86. The molecule has 0 spiro atoms. The fraction of sp³-hybridized carbons (Fsp3) is 0.529. The van der Waals surface area contributed by atoms with Crippen LogP contribution in [0.5, 0.6) is 0 Å². The Morgan fingerprint density at radius 3 is 2.33 bits per heavy atom. The molecule has 0 aromatic heterocycles. The van der Waals surface area contributed by atoms with E-state index in [2.05, 4.69) is 23.6 Å². The molecule has 2 N–H and O–H groups in total. The Bertz CT molecular complexity index is 514. The summed E-state index contributed by atoms with van der Waals surface area (Å²) in [5, 5.41) is 15.1. The highest BCUT2D eigenvalue weighted by atomic mass is 16.2. The molecule has 1 amide bonds. The van der Waals surface area contributed by atoms with Crippen molar-refractivity contribution >= 4 is 5.91 Å². The minimum absolute atomic E-state index is 0.00217. The van der Waals surface area contributed by atoms with Crippen LogP contribution in [0.15, 0.2) is 24.3 Å². The van der Waals surface area contributed by atoms with Crippen molar-refractivity contribution in [3.8, 4) is 6.07 Å². The highest BCUT2D eigenvalue weighted by Crippen LogP contribution is 2.14. The zero-order valence-electron chi connectivity index (χ0n) is 13.5. The molecule has 0 saturated carbocycles. The van der Waals surface area contributed by atoms with Crippen molar-refractivity contribution in [2.45, 2.75) is 58.7 Å². The molecule has 0 saturated heterocycles. The Morgan fingerprint density at radius 2 is 1.86 bits per heavy atom. The fourth-order valence-corrected chi connectivity index (χ4v) is 1.92. The van der Waals surface area contributed by atoms with Crippen molar-refractivity contribution in [2.75, 3.05) is 0 Å². The van der Waals surface area contributed by atoms with Gasteiger partial charge in [0.15, 0.2) is 0 Å². The van der Waals surface area contributed by atoms with Crippen LogP contribution in [-0.4, -0.2) is 17.5 Å². The normalized spacial score (nSPS) is 14.1. The van der Waals surface area contributed by atoms with Crippen molar-refractivity contribution in [3.05, 3.63) is 35.4 Å². The predicted molar refractivity (Wildman–Crippen MR) is 84.7 cm³/mol. The smallest absolute Gasteiger partial charge is 0.237 e. The predicted octanol–water partition coefficient (Wildman–Crippen LogP) is 2.90. The minimum atomic E-state index is -0.276. The molecular weight excluding hydrogens is 262 g/mol. The van der Waals surface area contributed by atoms with E-state index in [0.717, 1.165) is 12.0 Å². The van der Waals surface area contributed by atoms with E-state index >= 15 is 0 Å². The standard InChI is InChI=1S/C17H25N3O/c1-6-17(4,5)20-16(21)13(3)19-12(2)15-9-7-14(11-18)8-10-15/h7-10,12-13,19H,6H2,1-5H3,(H,20,21)/t12-,13-/m1/s1. The van der Waals surface area contributed by atoms with Crippen LogP contribution in [0, 0.1) is 11.3 Å². The Kier molecular flexibility index (Phi) is 5.92. The van der Waals surface area contributed by atoms with Gasteiger partial charge < -0.3 is 5.32 Å². The first-order chi connectivity index (χ1) is 9.79. The zero-order chi connectivity index (χ0) is 16.0. The van der Waals surface area contributed by atoms with Gasteiger partial charge in [-0.25, -0.2) is 0 Å². The number of amides is 1. The first kappa shape index (κ1) is 17.2. The van der Waals surface area contributed by atoms with Gasteiger partial charge >= 0.3 is 0 Å². The zero-order valence-corrected chi connectivity index (χ0v) is 13.5. The van der Waals surface area contributed by atoms with Gasteiger partial charge in [-0.3, -0.25) is 10.1 Å². The number of carbonyl (C=O) groups is 1. The molecule has 0 bridgehead atoms. The van der Waals surface area contributed by atoms with Gasteiger partial charge in [-0.1, -0.05) is 19.1 Å². The van der Waals surface area contributed by atoms with E-state index in [1.165, 1.54) is 0 Å². The summed E-state index contributed by atoms with van der Waals surface area (Å²) in [5.74, 6) is 0.00217. The van der Waals surface area contributed by atoms with E-state index in [4.69, 9.17) is 5.26 Å². The number of nitriles is 1. The first-order valence-electron chi connectivity index (χ1n) is 7.37. The summed E-state index contributed by atoms with van der Waals surface area (Å²) in [5.41, 5.74) is 1.51. The van der Waals surface area contributed by atoms with Crippen molar-refractivity contribution in [1.82, 2.24) is 10.6 Å². The maximum atomic E-state index is 12.2. The third-order valence-corrected chi connectivity index (χ3v) is 3.78. The highest BCUT2D eigenvalue weighted by molar-refractivity contribution is 5.82. The van der Waals surface area contributed by atoms with Crippen LogP contribution in [0.2, 0.25) is 0 Å². The lowest BCUT2D eigenvalue weighted by atomic mass is 10.0. The van der Waals surface area contributed by atoms with Gasteiger partial charge in [0.1, 0.15) is 0 Å². The van der Waals surface area contributed by atoms with Crippen LogP contribution in [0.1, 0.15) is 58.2 Å². The van der Waals surface area contributed by atoms with Crippen LogP contribution < -0.4 is 10.6 Å². The monoisotopic (exact) mass is 287 g/mol. The third kappa shape index (κ3) is 5.20. The van der Waals surface area contributed by atoms with Crippen LogP contribution in [0.4, 0.5) is 0 Å². The minimum Gasteiger partial charge on any atom is -0.350 e. The van der Waals surface area contributed by atoms with Gasteiger partial charge in [-0.15, -0.1) is 0 Å². The van der Waals surface area contributed by atoms with Gasteiger partial charge in [0.05, 0.1) is 17.7 Å². The number of hydrogen-bond donors (Lipinski definition) is 2. The molecule has 0 fully saturated rings. The lowest BCUT2D eigenvalue weighted by Gasteiger charge is -2.28. The average molecular weight is 287 g/mol. The number of carbonyl (C=O) groups excluding carboxylic acids is 1. The van der Waals surface area contributed by atoms with Gasteiger partial charge in [-0.2, -0.15) is 5.26 Å². The second-order valence-corrected chi connectivity index (χ2v) is 6.07. The van der Waals surface area contributed by atoms with E-state index < -0.39 is 0 Å². The number of rotatable bonds is 6. The molecule has 0 heterocycles. The molecule has 114 valence electrons. The lowest BCUT2D eigenvalue weighted by molar-refractivity contribution is -0.124. The van der Waals surface area contributed by atoms with E-state index in [1.807, 2.05) is 39.8 Å². The molecule has 21 heavy (non-hydrogen) atoms. The molecular formula is C17H25N3O. The van der Waals surface area contributed by atoms with Crippen LogP contribution in [0.3, 0.4) is 0 Å². The molecule has 4 heteroatoms. The molecule has 4 nitrogen and oxygen atoms in total. The Labute approximate surface area is 127 Å². The second kappa shape index (κ2) is 7.24. The van der Waals surface area contributed by atoms with E-state index in [1.54, 1.807) is 12.1 Å². The summed E-state index contributed by atoms with van der Waals surface area (Å²) in [6.07, 6.45) is 0.886. The van der Waals surface area contributed by atoms with Crippen molar-refractivity contribution in [1.29, 1.82) is 5.26 Å². The molecule has 0 radical (unpaired) electrons. The fourth-order valence-electron chi connectivity index (χ4n) is 1.92. The number of hydrogen-bond acceptors (Lipinski definition) is 3. The molecule has 0 aliphatic heterocycles. The molecule has 0 aliphatic carbocycles. The summed E-state index contributed by atoms with van der Waals surface area (Å²) in [4.78, 5) is 12.2. The van der Waals surface area contributed by atoms with Crippen molar-refractivity contribution in [2.24, 2.45) is 0 Å². The molecule has 0 unspecified atom stereocenters. The second-order valence-electron chi connectivity index (χ2n) is 6.07. The number of nitrogens with one attached hydrogen (secondary N) is 2. The maximum absolute atomic E-state index is 12.2. The van der Waals surface area contributed by atoms with Gasteiger partial charge in [0, 0.05) is 11.6 Å². The van der Waals surface area contributed by atoms with Crippen molar-refractivity contribution in [3.63, 3.8) is 0 Å². The molecule has 2 atom stereocenters. The summed E-state index contributed by atoms with van der Waals surface area (Å²) in [6.45, 7) is 9.96. The van der Waals surface area contributed by atoms with Crippen molar-refractivity contribution < 1.29 is 4.79 Å². The van der Waals surface area contributed by atoms with Gasteiger partial charge in [0.25, 0.3) is 0 Å². The summed E-state index contributed by atoms with van der Waals surface area (Å²) in [6, 6.07) is 9.28. The molecule has 1 aromatic carbocycles. The first-order valence-corrected chi connectivity index (χ1v) is 7.37. The van der Waals surface area contributed by atoms with Gasteiger partial charge in [0.2, 0.25) is 5.91 Å². The van der Waals surface area contributed by atoms with E-state index in [9.17, 15) is 4.79 Å². The highest BCUT2D eigenvalue weighted by Gasteiger charge is 2.22. The maximum Gasteiger partial charge on any atom is 0.237 e. The summed E-state index contributed by atoms with van der Waals surface area (Å²) < 4.78 is 0. The van der Waals surface area contributed by atoms with E-state index in [0.29, 0.717) is 5.56 Å². The molecule has 1 aromatic rings. The van der Waals surface area contributed by atoms with E-state index in [-0.39, 0.29) is 23.5 Å². The van der Waals surface area contributed by atoms with Crippen LogP contribution in [-0.2, 0) is 4.79 Å². The number of benzene rings is 1. The SMILES string of the molecule is CCC(C)(C)NC(=O)[C@@H](C)N[C@H](C)c1ccc(C#N)cc1. The topological polar surface area (TPSA) is 64.9 Å². The quantitative estimate of drug-likeness (QED) is 0.845. The van der Waals surface area contributed by atoms with Gasteiger partial charge in [-0.05, 0) is 51.8 Å². The largest absolute Gasteiger partial charge is 0.350 e. The average Bonchev–Trinajstić information content (AvgIpc) is 2.46. The molecule has 1 rings (SSSR count). The Balaban J connectivity index is 2.62. The number of nitrogens with zero attached hydrogens (tertiary/aromatic N) is 1. The third-order valence-electron chi connectivity index (χ3n) is 3.78. The molecule has 0 aliphatic rings.